The van der Waals surface area contributed by atoms with Crippen LogP contribution in [0.3, 0.4) is 0 Å². The molecule has 0 fully saturated rings. The highest BCUT2D eigenvalue weighted by atomic mass is 32.2. The normalized spacial score (nSPS) is 23.2. The van der Waals surface area contributed by atoms with Crippen molar-refractivity contribution in [3.05, 3.63) is 17.0 Å². The summed E-state index contributed by atoms with van der Waals surface area (Å²) in [7, 11) is 3.58. The second kappa shape index (κ2) is 5.42. The lowest BCUT2D eigenvalue weighted by atomic mass is 10.0. The minimum absolute atomic E-state index is 0.132. The van der Waals surface area contributed by atoms with E-state index in [0.29, 0.717) is 17.8 Å². The van der Waals surface area contributed by atoms with E-state index in [0.717, 1.165) is 6.42 Å². The third-order valence-electron chi connectivity index (χ3n) is 2.91. The fourth-order valence-electron chi connectivity index (χ4n) is 1.91. The molecule has 0 aliphatic carbocycles. The molecule has 2 rings (SSSR count). The van der Waals surface area contributed by atoms with Gasteiger partial charge in [-0.1, -0.05) is 6.92 Å². The number of amides is 1. The third-order valence-corrected chi connectivity index (χ3v) is 5.25. The van der Waals surface area contributed by atoms with Crippen LogP contribution in [0, 0.1) is 0 Å². The van der Waals surface area contributed by atoms with Crippen LogP contribution in [0.25, 0.3) is 0 Å². The molecule has 1 amide bonds. The average molecular weight is 270 g/mol. The van der Waals surface area contributed by atoms with Crippen molar-refractivity contribution in [2.45, 2.75) is 28.8 Å². The first-order valence-corrected chi connectivity index (χ1v) is 7.51. The monoisotopic (exact) mass is 270 g/mol. The Balaban J connectivity index is 2.00. The van der Waals surface area contributed by atoms with Crippen LogP contribution in [-0.2, 0) is 4.79 Å². The van der Waals surface area contributed by atoms with Gasteiger partial charge in [-0.2, -0.15) is 0 Å². The molecular formula is C12H18N2OS2. The number of carbonyl (C=O) groups is 1. The predicted molar refractivity (Wildman–Crippen MR) is 73.7 cm³/mol. The molecule has 0 saturated heterocycles. The molecular weight excluding hydrogens is 252 g/mol. The number of hydrogen-bond acceptors (Lipinski definition) is 4. The number of nitrogens with one attached hydrogen (secondary N) is 1. The number of thiophene rings is 1. The van der Waals surface area contributed by atoms with Gasteiger partial charge >= 0.3 is 0 Å². The highest BCUT2D eigenvalue weighted by Crippen LogP contribution is 2.43. The minimum Gasteiger partial charge on any atom is -0.348 e. The first-order chi connectivity index (χ1) is 8.08. The van der Waals surface area contributed by atoms with E-state index in [1.165, 1.54) is 9.77 Å². The Bertz CT molecular complexity index is 403. The molecule has 1 aliphatic heterocycles. The molecule has 2 heterocycles. The second-order valence-electron chi connectivity index (χ2n) is 4.55. The van der Waals surface area contributed by atoms with Crippen molar-refractivity contribution in [2.24, 2.45) is 0 Å². The molecule has 94 valence electrons. The maximum absolute atomic E-state index is 11.6. The molecule has 17 heavy (non-hydrogen) atoms. The number of nitrogens with zero attached hydrogens (tertiary/aromatic N) is 1. The van der Waals surface area contributed by atoms with Crippen LogP contribution in [0.2, 0.25) is 0 Å². The van der Waals surface area contributed by atoms with Crippen molar-refractivity contribution in [2.75, 3.05) is 20.6 Å². The van der Waals surface area contributed by atoms with Crippen LogP contribution < -0.4 is 5.32 Å². The lowest BCUT2D eigenvalue weighted by Crippen LogP contribution is -2.36. The Labute approximate surface area is 111 Å². The summed E-state index contributed by atoms with van der Waals surface area (Å²) in [6.45, 7) is 2.67. The van der Waals surface area contributed by atoms with Gasteiger partial charge in [0, 0.05) is 25.4 Å². The molecule has 0 bridgehead atoms. The lowest BCUT2D eigenvalue weighted by molar-refractivity contribution is -0.127. The predicted octanol–water partition coefficient (Wildman–Crippen LogP) is 2.35. The Morgan fingerprint density at radius 1 is 1.59 bits per heavy atom. The zero-order valence-electron chi connectivity index (χ0n) is 10.4. The molecule has 0 radical (unpaired) electrons. The van der Waals surface area contributed by atoms with E-state index in [4.69, 9.17) is 0 Å². The Kier molecular flexibility index (Phi) is 4.12. The molecule has 1 aliphatic rings. The Morgan fingerprint density at radius 3 is 3.06 bits per heavy atom. The smallest absolute Gasteiger partial charge is 0.236 e. The van der Waals surface area contributed by atoms with E-state index < -0.39 is 0 Å². The number of hydrogen-bond donors (Lipinski definition) is 1. The van der Waals surface area contributed by atoms with Gasteiger partial charge in [0.15, 0.2) is 0 Å². The number of rotatable bonds is 3. The number of fused-ring (bicyclic) bond motifs is 1. The van der Waals surface area contributed by atoms with Gasteiger partial charge < -0.3 is 10.2 Å². The number of carbonyl (C=O) groups excluding carboxylic acids is 1. The fraction of sp³-hybridized carbons (Fsp3) is 0.583. The molecule has 1 N–H and O–H groups in total. The Hall–Kier alpha value is -0.520. The van der Waals surface area contributed by atoms with Gasteiger partial charge in [0.1, 0.15) is 0 Å². The first-order valence-electron chi connectivity index (χ1n) is 5.75. The van der Waals surface area contributed by atoms with Gasteiger partial charge in [0.2, 0.25) is 5.91 Å². The average Bonchev–Trinajstić information content (AvgIpc) is 2.72. The molecule has 1 aromatic rings. The first kappa shape index (κ1) is 12.9. The maximum Gasteiger partial charge on any atom is 0.236 e. The summed E-state index contributed by atoms with van der Waals surface area (Å²) in [6.07, 6.45) is 1.09. The number of likely N-dealkylation sites (N-methyl/N-ethyl adjacent to an activating group) is 1. The molecule has 3 nitrogen and oxygen atoms in total. The van der Waals surface area contributed by atoms with E-state index >= 15 is 0 Å². The fourth-order valence-corrected chi connectivity index (χ4v) is 4.48. The van der Waals surface area contributed by atoms with E-state index in [1.807, 2.05) is 11.8 Å². The molecule has 5 heteroatoms. The maximum atomic E-state index is 11.6. The van der Waals surface area contributed by atoms with Crippen LogP contribution >= 0.6 is 23.1 Å². The van der Waals surface area contributed by atoms with Crippen LogP contribution in [0.4, 0.5) is 0 Å². The summed E-state index contributed by atoms with van der Waals surface area (Å²) < 4.78 is 1.40. The second-order valence-corrected chi connectivity index (χ2v) is 7.17. The summed E-state index contributed by atoms with van der Waals surface area (Å²) in [6, 6.07) is 2.51. The largest absolute Gasteiger partial charge is 0.348 e. The van der Waals surface area contributed by atoms with E-state index in [9.17, 15) is 4.79 Å². The molecule has 0 saturated carbocycles. The summed E-state index contributed by atoms with van der Waals surface area (Å²) in [4.78, 5) is 13.2. The summed E-state index contributed by atoms with van der Waals surface area (Å²) in [5, 5.41) is 6.13. The van der Waals surface area contributed by atoms with E-state index in [2.05, 4.69) is 23.7 Å². The van der Waals surface area contributed by atoms with Crippen LogP contribution in [-0.4, -0.2) is 36.7 Å². The van der Waals surface area contributed by atoms with Crippen LogP contribution in [0.1, 0.15) is 24.9 Å². The molecule has 0 spiro atoms. The van der Waals surface area contributed by atoms with Gasteiger partial charge in [-0.05, 0) is 23.4 Å². The van der Waals surface area contributed by atoms with Gasteiger partial charge in [0.25, 0.3) is 0 Å². The van der Waals surface area contributed by atoms with Gasteiger partial charge in [-0.25, -0.2) is 0 Å². The van der Waals surface area contributed by atoms with Crippen molar-refractivity contribution in [3.8, 4) is 0 Å². The highest BCUT2D eigenvalue weighted by molar-refractivity contribution is 8.01. The van der Waals surface area contributed by atoms with Gasteiger partial charge in [-0.15, -0.1) is 23.1 Å². The lowest BCUT2D eigenvalue weighted by Gasteiger charge is -2.27. The van der Waals surface area contributed by atoms with E-state index in [-0.39, 0.29) is 5.91 Å². The van der Waals surface area contributed by atoms with Crippen molar-refractivity contribution in [1.29, 1.82) is 0 Å². The van der Waals surface area contributed by atoms with Crippen LogP contribution in [0.5, 0.6) is 0 Å². The summed E-state index contributed by atoms with van der Waals surface area (Å²) in [5.74, 6) is 0.132. The zero-order chi connectivity index (χ0) is 12.4. The standard InChI is InChI=1S/C12H18N2OS2/c1-8-6-10(13-7-11(15)14(2)3)9-4-5-16-12(9)17-8/h4-5,8,10,13H,6-7H2,1-3H3/t8-,10?/m0/s1. The molecule has 2 atom stereocenters. The molecule has 1 unspecified atom stereocenters. The minimum atomic E-state index is 0.132. The number of thioether (sulfide) groups is 1. The summed E-state index contributed by atoms with van der Waals surface area (Å²) in [5.41, 5.74) is 1.37. The molecule has 1 aromatic heterocycles. The van der Waals surface area contributed by atoms with Crippen molar-refractivity contribution in [1.82, 2.24) is 10.2 Å². The Morgan fingerprint density at radius 2 is 2.35 bits per heavy atom. The van der Waals surface area contributed by atoms with Crippen molar-refractivity contribution in [3.63, 3.8) is 0 Å². The highest BCUT2D eigenvalue weighted by Gasteiger charge is 2.26. The summed E-state index contributed by atoms with van der Waals surface area (Å²) >= 11 is 3.75. The van der Waals surface area contributed by atoms with Gasteiger partial charge in [0.05, 0.1) is 10.8 Å². The van der Waals surface area contributed by atoms with Crippen LogP contribution in [0.15, 0.2) is 15.7 Å². The quantitative estimate of drug-likeness (QED) is 0.915. The molecule has 0 aromatic carbocycles. The zero-order valence-corrected chi connectivity index (χ0v) is 12.0. The van der Waals surface area contributed by atoms with E-state index in [1.54, 1.807) is 30.3 Å². The topological polar surface area (TPSA) is 32.3 Å². The van der Waals surface area contributed by atoms with Crippen molar-refractivity contribution < 1.29 is 4.79 Å². The van der Waals surface area contributed by atoms with Gasteiger partial charge in [-0.3, -0.25) is 4.79 Å². The SMILES string of the molecule is C[C@H]1CC(NCC(=O)N(C)C)c2ccsc2S1. The van der Waals surface area contributed by atoms with Crippen molar-refractivity contribution >= 4 is 29.0 Å². The third kappa shape index (κ3) is 3.03.